The third-order valence-corrected chi connectivity index (χ3v) is 3.93. The van der Waals surface area contributed by atoms with Crippen LogP contribution in [0.15, 0.2) is 11.6 Å². The molecule has 3 rings (SSSR count). The van der Waals surface area contributed by atoms with Crippen LogP contribution in [0.4, 0.5) is 0 Å². The summed E-state index contributed by atoms with van der Waals surface area (Å²) >= 11 is 0. The lowest BCUT2D eigenvalue weighted by Crippen LogP contribution is -2.51. The van der Waals surface area contributed by atoms with Gasteiger partial charge in [-0.2, -0.15) is 0 Å². The molecule has 3 atom stereocenters. The number of hydrogen-bond donors (Lipinski definition) is 0. The molecule has 3 nitrogen and oxygen atoms in total. The SMILES string of the molecule is CC(=O)OC12C=C(C)C(CC1)CC2C(C)=O. The van der Waals surface area contributed by atoms with Gasteiger partial charge in [-0.25, -0.2) is 0 Å². The fraction of sp³-hybridized carbons (Fsp3) is 0.692. The smallest absolute Gasteiger partial charge is 0.303 e. The molecule has 88 valence electrons. The van der Waals surface area contributed by atoms with Crippen molar-refractivity contribution in [1.82, 2.24) is 0 Å². The normalized spacial score (nSPS) is 36.8. The van der Waals surface area contributed by atoms with Crippen molar-refractivity contribution in [2.24, 2.45) is 11.8 Å². The van der Waals surface area contributed by atoms with E-state index in [0.717, 1.165) is 19.3 Å². The Morgan fingerprint density at radius 3 is 2.62 bits per heavy atom. The molecule has 0 amide bonds. The number of fused-ring (bicyclic) bond motifs is 2. The van der Waals surface area contributed by atoms with Crippen molar-refractivity contribution in [3.05, 3.63) is 11.6 Å². The van der Waals surface area contributed by atoms with Gasteiger partial charge in [0.2, 0.25) is 0 Å². The minimum Gasteiger partial charge on any atom is -0.454 e. The van der Waals surface area contributed by atoms with Crippen LogP contribution < -0.4 is 0 Å². The summed E-state index contributed by atoms with van der Waals surface area (Å²) in [6, 6.07) is 0. The molecule has 16 heavy (non-hydrogen) atoms. The van der Waals surface area contributed by atoms with Crippen molar-refractivity contribution < 1.29 is 14.3 Å². The van der Waals surface area contributed by atoms with Crippen LogP contribution in [-0.4, -0.2) is 17.4 Å². The molecule has 0 heterocycles. The molecule has 0 aromatic carbocycles. The van der Waals surface area contributed by atoms with Gasteiger partial charge in [0.05, 0.1) is 5.92 Å². The van der Waals surface area contributed by atoms with E-state index in [9.17, 15) is 9.59 Å². The van der Waals surface area contributed by atoms with Crippen LogP contribution in [0.3, 0.4) is 0 Å². The fourth-order valence-electron chi connectivity index (χ4n) is 3.19. The monoisotopic (exact) mass is 222 g/mol. The Hall–Kier alpha value is -1.12. The molecule has 0 radical (unpaired) electrons. The Morgan fingerprint density at radius 1 is 1.44 bits per heavy atom. The number of ketones is 1. The fourth-order valence-corrected chi connectivity index (χ4v) is 3.19. The maximum absolute atomic E-state index is 11.7. The summed E-state index contributed by atoms with van der Waals surface area (Å²) in [5.41, 5.74) is 0.626. The van der Waals surface area contributed by atoms with Crippen molar-refractivity contribution in [1.29, 1.82) is 0 Å². The third kappa shape index (κ3) is 1.68. The first-order valence-corrected chi connectivity index (χ1v) is 5.84. The summed E-state index contributed by atoms with van der Waals surface area (Å²) in [7, 11) is 0. The van der Waals surface area contributed by atoms with E-state index in [4.69, 9.17) is 4.74 Å². The molecule has 3 aliphatic carbocycles. The van der Waals surface area contributed by atoms with Gasteiger partial charge in [0.15, 0.2) is 0 Å². The van der Waals surface area contributed by atoms with Crippen LogP contribution in [0.5, 0.6) is 0 Å². The first-order valence-electron chi connectivity index (χ1n) is 5.84. The number of esters is 1. The molecule has 0 N–H and O–H groups in total. The van der Waals surface area contributed by atoms with Crippen LogP contribution in [0.2, 0.25) is 0 Å². The molecule has 1 fully saturated rings. The predicted molar refractivity (Wildman–Crippen MR) is 59.8 cm³/mol. The van der Waals surface area contributed by atoms with E-state index in [-0.39, 0.29) is 17.7 Å². The molecule has 0 saturated heterocycles. The van der Waals surface area contributed by atoms with Gasteiger partial charge in [-0.05, 0) is 45.1 Å². The Balaban J connectivity index is 2.38. The zero-order valence-electron chi connectivity index (χ0n) is 10.1. The first kappa shape index (κ1) is 11.4. The highest BCUT2D eigenvalue weighted by Gasteiger charge is 2.50. The Labute approximate surface area is 95.9 Å². The Bertz CT molecular complexity index is 369. The van der Waals surface area contributed by atoms with Crippen LogP contribution in [0.1, 0.15) is 40.0 Å². The van der Waals surface area contributed by atoms with Crippen molar-refractivity contribution in [2.75, 3.05) is 0 Å². The quantitative estimate of drug-likeness (QED) is 0.531. The molecular weight excluding hydrogens is 204 g/mol. The summed E-state index contributed by atoms with van der Waals surface area (Å²) in [4.78, 5) is 22.9. The number of Topliss-reactive ketones (excluding diaryl/α,β-unsaturated/α-hetero) is 1. The van der Waals surface area contributed by atoms with Gasteiger partial charge in [0.25, 0.3) is 0 Å². The molecule has 3 aliphatic rings. The molecular formula is C13H18O3. The average Bonchev–Trinajstić information content (AvgIpc) is 2.15. The highest BCUT2D eigenvalue weighted by atomic mass is 16.6. The topological polar surface area (TPSA) is 43.4 Å². The third-order valence-electron chi connectivity index (χ3n) is 3.93. The minimum absolute atomic E-state index is 0.134. The number of ether oxygens (including phenoxy) is 1. The average molecular weight is 222 g/mol. The Morgan fingerprint density at radius 2 is 2.12 bits per heavy atom. The molecule has 2 bridgehead atoms. The van der Waals surface area contributed by atoms with Crippen molar-refractivity contribution >= 4 is 11.8 Å². The molecule has 0 aromatic heterocycles. The van der Waals surface area contributed by atoms with E-state index in [2.05, 4.69) is 6.92 Å². The molecule has 1 saturated carbocycles. The van der Waals surface area contributed by atoms with Crippen molar-refractivity contribution in [3.63, 3.8) is 0 Å². The van der Waals surface area contributed by atoms with E-state index in [1.165, 1.54) is 12.5 Å². The first-order chi connectivity index (χ1) is 7.44. The van der Waals surface area contributed by atoms with E-state index >= 15 is 0 Å². The molecule has 0 spiro atoms. The maximum atomic E-state index is 11.7. The van der Waals surface area contributed by atoms with E-state index in [0.29, 0.717) is 5.92 Å². The van der Waals surface area contributed by atoms with E-state index in [1.54, 1.807) is 6.92 Å². The van der Waals surface area contributed by atoms with Crippen molar-refractivity contribution in [3.8, 4) is 0 Å². The van der Waals surface area contributed by atoms with Crippen molar-refractivity contribution in [2.45, 2.75) is 45.6 Å². The summed E-state index contributed by atoms with van der Waals surface area (Å²) in [6.45, 7) is 5.08. The van der Waals surface area contributed by atoms with Gasteiger partial charge in [0.1, 0.15) is 11.4 Å². The number of allylic oxidation sites excluding steroid dienone is 1. The van der Waals surface area contributed by atoms with Gasteiger partial charge >= 0.3 is 5.97 Å². The lowest BCUT2D eigenvalue weighted by molar-refractivity contribution is -0.165. The Kier molecular flexibility index (Phi) is 2.64. The van der Waals surface area contributed by atoms with Gasteiger partial charge in [-0.15, -0.1) is 0 Å². The van der Waals surface area contributed by atoms with Crippen LogP contribution in [0, 0.1) is 11.8 Å². The second kappa shape index (κ2) is 3.72. The largest absolute Gasteiger partial charge is 0.454 e. The lowest BCUT2D eigenvalue weighted by atomic mass is 9.62. The number of rotatable bonds is 2. The van der Waals surface area contributed by atoms with Gasteiger partial charge in [0, 0.05) is 6.92 Å². The van der Waals surface area contributed by atoms with Gasteiger partial charge in [-0.1, -0.05) is 5.57 Å². The molecule has 3 heteroatoms. The molecule has 0 aliphatic heterocycles. The second-order valence-electron chi connectivity index (χ2n) is 5.07. The zero-order valence-corrected chi connectivity index (χ0v) is 10.1. The predicted octanol–water partition coefficient (Wildman–Crippen LogP) is 2.25. The zero-order chi connectivity index (χ0) is 11.9. The summed E-state index contributed by atoms with van der Waals surface area (Å²) in [5, 5.41) is 0. The van der Waals surface area contributed by atoms with E-state index < -0.39 is 5.60 Å². The summed E-state index contributed by atoms with van der Waals surface area (Å²) in [5.74, 6) is 0.204. The summed E-state index contributed by atoms with van der Waals surface area (Å²) < 4.78 is 5.47. The van der Waals surface area contributed by atoms with Gasteiger partial charge < -0.3 is 4.74 Å². The highest BCUT2D eigenvalue weighted by molar-refractivity contribution is 5.81. The number of carbonyl (C=O) groups is 2. The maximum Gasteiger partial charge on any atom is 0.303 e. The molecule has 3 unspecified atom stereocenters. The standard InChI is InChI=1S/C13H18O3/c1-8-7-13(16-10(3)15)5-4-11(8)6-12(13)9(2)14/h7,11-12H,4-6H2,1-3H3. The van der Waals surface area contributed by atoms with Crippen LogP contribution in [-0.2, 0) is 14.3 Å². The highest BCUT2D eigenvalue weighted by Crippen LogP contribution is 2.49. The lowest BCUT2D eigenvalue weighted by Gasteiger charge is -2.48. The van der Waals surface area contributed by atoms with Crippen LogP contribution >= 0.6 is 0 Å². The summed E-state index contributed by atoms with van der Waals surface area (Å²) in [6.07, 6.45) is 4.67. The second-order valence-corrected chi connectivity index (χ2v) is 5.07. The van der Waals surface area contributed by atoms with Crippen LogP contribution in [0.25, 0.3) is 0 Å². The minimum atomic E-state index is -0.642. The number of hydrogen-bond acceptors (Lipinski definition) is 3. The molecule has 0 aromatic rings. The van der Waals surface area contributed by atoms with Gasteiger partial charge in [-0.3, -0.25) is 9.59 Å². The van der Waals surface area contributed by atoms with E-state index in [1.807, 2.05) is 6.08 Å². The number of carbonyl (C=O) groups excluding carboxylic acids is 2.